The van der Waals surface area contributed by atoms with Gasteiger partial charge in [-0.25, -0.2) is 15.0 Å². The first-order chi connectivity index (χ1) is 29.2. The van der Waals surface area contributed by atoms with Crippen LogP contribution in [0, 0.1) is 0 Å². The Balaban J connectivity index is 1.18. The first kappa shape index (κ1) is 33.6. The minimum atomic E-state index is 0.635. The molecule has 12 rings (SSSR count). The fourth-order valence-corrected chi connectivity index (χ4v) is 10.2. The number of rotatable bonds is 5. The average Bonchev–Trinajstić information content (AvgIpc) is 3.69. The first-order valence-corrected chi connectivity index (χ1v) is 20.7. The number of benzene rings is 10. The molecule has 2 aromatic heterocycles. The highest BCUT2D eigenvalue weighted by Gasteiger charge is 2.22. The van der Waals surface area contributed by atoms with Crippen molar-refractivity contribution >= 4 is 74.6 Å². The normalized spacial score (nSPS) is 11.7. The van der Waals surface area contributed by atoms with Gasteiger partial charge in [0.15, 0.2) is 17.5 Å². The number of thiophene rings is 1. The van der Waals surface area contributed by atoms with E-state index in [1.165, 1.54) is 68.8 Å². The summed E-state index contributed by atoms with van der Waals surface area (Å²) in [5, 5.41) is 12.2. The van der Waals surface area contributed by atoms with E-state index in [0.29, 0.717) is 17.5 Å². The third kappa shape index (κ3) is 5.60. The van der Waals surface area contributed by atoms with E-state index in [1.54, 1.807) is 0 Å². The van der Waals surface area contributed by atoms with Crippen molar-refractivity contribution in [1.82, 2.24) is 15.0 Å². The van der Waals surface area contributed by atoms with Crippen LogP contribution in [0.5, 0.6) is 0 Å². The molecular weight excluding hydrogens is 735 g/mol. The van der Waals surface area contributed by atoms with Crippen molar-refractivity contribution in [1.29, 1.82) is 0 Å². The van der Waals surface area contributed by atoms with Gasteiger partial charge in [-0.1, -0.05) is 176 Å². The largest absolute Gasteiger partial charge is 0.208 e. The molecule has 0 amide bonds. The van der Waals surface area contributed by atoms with Gasteiger partial charge in [-0.05, 0) is 84.2 Å². The van der Waals surface area contributed by atoms with Crippen molar-refractivity contribution in [2.75, 3.05) is 0 Å². The van der Waals surface area contributed by atoms with Crippen molar-refractivity contribution in [3.05, 3.63) is 200 Å². The predicted octanol–water partition coefficient (Wildman–Crippen LogP) is 15.2. The second kappa shape index (κ2) is 13.6. The van der Waals surface area contributed by atoms with Crippen molar-refractivity contribution in [2.24, 2.45) is 0 Å². The molecule has 4 heteroatoms. The summed E-state index contributed by atoms with van der Waals surface area (Å²) in [6.45, 7) is 0. The lowest BCUT2D eigenvalue weighted by Gasteiger charge is -2.15. The lowest BCUT2D eigenvalue weighted by molar-refractivity contribution is 1.08. The zero-order valence-electron chi connectivity index (χ0n) is 31.8. The van der Waals surface area contributed by atoms with Gasteiger partial charge in [-0.3, -0.25) is 0 Å². The summed E-state index contributed by atoms with van der Waals surface area (Å²) in [7, 11) is 0. The molecule has 0 spiro atoms. The van der Waals surface area contributed by atoms with Crippen LogP contribution in [0.2, 0.25) is 0 Å². The summed E-state index contributed by atoms with van der Waals surface area (Å²) < 4.78 is 2.48. The molecule has 0 atom stereocenters. The Labute approximate surface area is 344 Å². The van der Waals surface area contributed by atoms with Crippen LogP contribution in [0.25, 0.3) is 120 Å². The summed E-state index contributed by atoms with van der Waals surface area (Å²) in [6.07, 6.45) is 0. The summed E-state index contributed by atoms with van der Waals surface area (Å²) in [5.41, 5.74) is 7.44. The Hall–Kier alpha value is -7.53. The lowest BCUT2D eigenvalue weighted by atomic mass is 9.91. The van der Waals surface area contributed by atoms with Gasteiger partial charge in [0.25, 0.3) is 0 Å². The van der Waals surface area contributed by atoms with Gasteiger partial charge < -0.3 is 0 Å². The number of hydrogen-bond donors (Lipinski definition) is 0. The van der Waals surface area contributed by atoms with E-state index in [2.05, 4.69) is 188 Å². The van der Waals surface area contributed by atoms with E-state index in [4.69, 9.17) is 15.0 Å². The first-order valence-electron chi connectivity index (χ1n) is 19.9. The van der Waals surface area contributed by atoms with Crippen LogP contribution in [-0.4, -0.2) is 15.0 Å². The van der Waals surface area contributed by atoms with E-state index in [-0.39, 0.29) is 0 Å². The molecule has 0 fully saturated rings. The fourth-order valence-electron chi connectivity index (χ4n) is 8.85. The van der Waals surface area contributed by atoms with Crippen LogP contribution in [0.1, 0.15) is 0 Å². The topological polar surface area (TPSA) is 38.7 Å². The maximum atomic E-state index is 5.43. The number of nitrogens with zero attached hydrogens (tertiary/aromatic N) is 3. The molecule has 0 radical (unpaired) electrons. The number of aromatic nitrogens is 3. The molecule has 10 aromatic carbocycles. The van der Waals surface area contributed by atoms with Crippen LogP contribution >= 0.6 is 11.3 Å². The highest BCUT2D eigenvalue weighted by atomic mass is 32.1. The lowest BCUT2D eigenvalue weighted by Crippen LogP contribution is -2.01. The summed E-state index contributed by atoms with van der Waals surface area (Å²) in [5.74, 6) is 1.92. The van der Waals surface area contributed by atoms with E-state index in [0.717, 1.165) is 33.4 Å². The second-order valence-electron chi connectivity index (χ2n) is 15.1. The van der Waals surface area contributed by atoms with Crippen molar-refractivity contribution in [3.63, 3.8) is 0 Å². The molecule has 0 saturated heterocycles. The number of hydrogen-bond acceptors (Lipinski definition) is 4. The third-order valence-electron chi connectivity index (χ3n) is 11.7. The molecule has 0 saturated carbocycles. The highest BCUT2D eigenvalue weighted by molar-refractivity contribution is 7.27. The van der Waals surface area contributed by atoms with Gasteiger partial charge >= 0.3 is 0 Å². The SMILES string of the molecule is c1ccc(-c2ccc(-c3nc(-c4cccc(-c5ccccc5)c4)nc(-c4cc5c6ccccc6c6ccccc6c5c5sc6cc7ccccc7cc6c45)n3)cc2)cc1. The molecule has 3 nitrogen and oxygen atoms in total. The molecule has 12 aromatic rings. The van der Waals surface area contributed by atoms with Gasteiger partial charge in [-0.2, -0.15) is 0 Å². The van der Waals surface area contributed by atoms with E-state index >= 15 is 0 Å². The van der Waals surface area contributed by atoms with Crippen molar-refractivity contribution < 1.29 is 0 Å². The second-order valence-corrected chi connectivity index (χ2v) is 16.2. The molecule has 0 aliphatic carbocycles. The van der Waals surface area contributed by atoms with Crippen molar-refractivity contribution in [3.8, 4) is 56.4 Å². The van der Waals surface area contributed by atoms with Crippen LogP contribution < -0.4 is 0 Å². The van der Waals surface area contributed by atoms with Gasteiger partial charge in [0, 0.05) is 42.2 Å². The average molecular weight is 768 g/mol. The Morgan fingerprint density at radius 1 is 0.288 bits per heavy atom. The molecule has 0 aliphatic rings. The Kier molecular flexibility index (Phi) is 7.72. The van der Waals surface area contributed by atoms with Gasteiger partial charge in [0.1, 0.15) is 0 Å². The zero-order chi connectivity index (χ0) is 38.9. The van der Waals surface area contributed by atoms with Crippen molar-refractivity contribution in [2.45, 2.75) is 0 Å². The molecule has 2 heterocycles. The van der Waals surface area contributed by atoms with Gasteiger partial charge in [0.2, 0.25) is 0 Å². The quantitative estimate of drug-likeness (QED) is 0.164. The van der Waals surface area contributed by atoms with E-state index in [1.807, 2.05) is 23.5 Å². The smallest absolute Gasteiger partial charge is 0.164 e. The standard InChI is InChI=1S/C55H33N3S/c1-3-14-34(15-4-1)36-26-28-37(29-27-36)53-56-54(41-21-13-20-38(30-41)35-16-5-2-6-17-35)58-55(57-53)48-33-46-44-24-10-9-22-42(44)43-23-11-12-25-45(43)50(46)52-51(48)47-31-39-18-7-8-19-40(39)32-49(47)59-52/h1-33H. The summed E-state index contributed by atoms with van der Waals surface area (Å²) in [6, 6.07) is 71.5. The molecule has 274 valence electrons. The minimum Gasteiger partial charge on any atom is -0.208 e. The summed E-state index contributed by atoms with van der Waals surface area (Å²) >= 11 is 1.87. The maximum absolute atomic E-state index is 5.43. The molecule has 59 heavy (non-hydrogen) atoms. The molecule has 0 N–H and O–H groups in total. The van der Waals surface area contributed by atoms with Crippen LogP contribution in [0.4, 0.5) is 0 Å². The molecule has 0 bridgehead atoms. The molecule has 0 unspecified atom stereocenters. The fraction of sp³-hybridized carbons (Fsp3) is 0. The predicted molar refractivity (Wildman–Crippen MR) is 250 cm³/mol. The van der Waals surface area contributed by atoms with E-state index < -0.39 is 0 Å². The maximum Gasteiger partial charge on any atom is 0.164 e. The van der Waals surface area contributed by atoms with Crippen LogP contribution in [0.15, 0.2) is 200 Å². The summed E-state index contributed by atoms with van der Waals surface area (Å²) in [4.78, 5) is 16.1. The monoisotopic (exact) mass is 767 g/mol. The minimum absolute atomic E-state index is 0.635. The van der Waals surface area contributed by atoms with Gasteiger partial charge in [0.05, 0.1) is 0 Å². The Morgan fingerprint density at radius 3 is 1.49 bits per heavy atom. The van der Waals surface area contributed by atoms with Crippen LogP contribution in [-0.2, 0) is 0 Å². The van der Waals surface area contributed by atoms with Gasteiger partial charge in [-0.15, -0.1) is 11.3 Å². The Morgan fingerprint density at radius 2 is 0.780 bits per heavy atom. The highest BCUT2D eigenvalue weighted by Crippen LogP contribution is 2.49. The van der Waals surface area contributed by atoms with Crippen LogP contribution in [0.3, 0.4) is 0 Å². The number of fused-ring (bicyclic) bond motifs is 11. The molecule has 0 aliphatic heterocycles. The molecular formula is C55H33N3S. The zero-order valence-corrected chi connectivity index (χ0v) is 32.6. The third-order valence-corrected chi connectivity index (χ3v) is 12.8. The Bertz CT molecular complexity index is 3590. The van der Waals surface area contributed by atoms with E-state index in [9.17, 15) is 0 Å².